The maximum absolute atomic E-state index is 5.30. The summed E-state index contributed by atoms with van der Waals surface area (Å²) in [5, 5.41) is 7.54. The van der Waals surface area contributed by atoms with E-state index in [-0.39, 0.29) is 0 Å². The summed E-state index contributed by atoms with van der Waals surface area (Å²) >= 11 is 0. The predicted octanol–water partition coefficient (Wildman–Crippen LogP) is 2.71. The van der Waals surface area contributed by atoms with Crippen molar-refractivity contribution in [3.05, 3.63) is 24.0 Å². The van der Waals surface area contributed by atoms with Gasteiger partial charge in [0.15, 0.2) is 0 Å². The lowest BCUT2D eigenvalue weighted by Gasteiger charge is -2.22. The van der Waals surface area contributed by atoms with Crippen molar-refractivity contribution in [1.82, 2.24) is 15.5 Å². The van der Waals surface area contributed by atoms with Gasteiger partial charge in [0.2, 0.25) is 11.7 Å². The molecule has 102 valence electrons. The molecule has 1 aliphatic rings. The van der Waals surface area contributed by atoms with Gasteiger partial charge in [-0.3, -0.25) is 0 Å². The first kappa shape index (κ1) is 12.4. The number of hydrogen-bond acceptors (Lipinski definition) is 5. The topological polar surface area (TPSA) is 64.1 Å². The maximum Gasteiger partial charge on any atom is 0.227 e. The molecule has 3 heterocycles. The summed E-state index contributed by atoms with van der Waals surface area (Å²) in [7, 11) is 0. The second-order valence-electron chi connectivity index (χ2n) is 5.09. The van der Waals surface area contributed by atoms with Crippen molar-refractivity contribution in [2.24, 2.45) is 0 Å². The molecule has 0 radical (unpaired) electrons. The minimum absolute atomic E-state index is 0.597. The Kier molecular flexibility index (Phi) is 3.64. The number of nitrogens with zero attached hydrogens (tertiary/aromatic N) is 2. The molecule has 5 nitrogen and oxygen atoms in total. The van der Waals surface area contributed by atoms with Crippen LogP contribution in [0.25, 0.3) is 11.4 Å². The summed E-state index contributed by atoms with van der Waals surface area (Å²) in [5.41, 5.74) is 0.908. The second-order valence-corrected chi connectivity index (χ2v) is 5.09. The van der Waals surface area contributed by atoms with Gasteiger partial charge in [0.25, 0.3) is 0 Å². The Morgan fingerprint density at radius 2 is 2.37 bits per heavy atom. The lowest BCUT2D eigenvalue weighted by atomic mass is 10.0. The van der Waals surface area contributed by atoms with Crippen molar-refractivity contribution in [1.29, 1.82) is 0 Å². The Bertz CT molecular complexity index is 526. The number of furan rings is 1. The molecular weight excluding hydrogens is 242 g/mol. The molecule has 1 saturated heterocycles. The van der Waals surface area contributed by atoms with E-state index in [4.69, 9.17) is 8.94 Å². The summed E-state index contributed by atoms with van der Waals surface area (Å²) in [6.45, 7) is 3.03. The molecule has 2 aromatic heterocycles. The highest BCUT2D eigenvalue weighted by Gasteiger charge is 2.16. The molecule has 0 spiro atoms. The SMILES string of the molecule is Cc1occc1-c1noc(CCC2CCCCN2)n1. The molecule has 1 N–H and O–H groups in total. The van der Waals surface area contributed by atoms with Gasteiger partial charge in [-0.1, -0.05) is 11.6 Å². The summed E-state index contributed by atoms with van der Waals surface area (Å²) in [5.74, 6) is 2.15. The fraction of sp³-hybridized carbons (Fsp3) is 0.571. The monoisotopic (exact) mass is 261 g/mol. The van der Waals surface area contributed by atoms with E-state index in [2.05, 4.69) is 15.5 Å². The molecular formula is C14H19N3O2. The van der Waals surface area contributed by atoms with Crippen molar-refractivity contribution in [3.8, 4) is 11.4 Å². The van der Waals surface area contributed by atoms with Crippen LogP contribution in [0.1, 0.15) is 37.3 Å². The zero-order chi connectivity index (χ0) is 13.1. The molecule has 0 saturated carbocycles. The van der Waals surface area contributed by atoms with Gasteiger partial charge in [-0.05, 0) is 38.8 Å². The van der Waals surface area contributed by atoms with E-state index in [9.17, 15) is 0 Å². The smallest absolute Gasteiger partial charge is 0.227 e. The van der Waals surface area contributed by atoms with E-state index in [1.165, 1.54) is 19.3 Å². The maximum atomic E-state index is 5.30. The van der Waals surface area contributed by atoms with Crippen molar-refractivity contribution < 1.29 is 8.94 Å². The van der Waals surface area contributed by atoms with Gasteiger partial charge in [-0.15, -0.1) is 0 Å². The Morgan fingerprint density at radius 1 is 1.42 bits per heavy atom. The van der Waals surface area contributed by atoms with Crippen LogP contribution < -0.4 is 5.32 Å². The van der Waals surface area contributed by atoms with Crippen LogP contribution in [-0.2, 0) is 6.42 Å². The fourth-order valence-corrected chi connectivity index (χ4v) is 2.55. The molecule has 5 heteroatoms. The molecule has 1 fully saturated rings. The van der Waals surface area contributed by atoms with Crippen LogP contribution in [0.3, 0.4) is 0 Å². The van der Waals surface area contributed by atoms with Gasteiger partial charge in [-0.25, -0.2) is 0 Å². The van der Waals surface area contributed by atoms with Crippen LogP contribution in [-0.4, -0.2) is 22.7 Å². The Morgan fingerprint density at radius 3 is 3.11 bits per heavy atom. The molecule has 1 unspecified atom stereocenters. The van der Waals surface area contributed by atoms with Gasteiger partial charge in [0, 0.05) is 12.5 Å². The quantitative estimate of drug-likeness (QED) is 0.916. The number of rotatable bonds is 4. The zero-order valence-electron chi connectivity index (χ0n) is 11.2. The molecule has 1 aliphatic heterocycles. The predicted molar refractivity (Wildman–Crippen MR) is 70.7 cm³/mol. The van der Waals surface area contributed by atoms with E-state index < -0.39 is 0 Å². The Labute approximate surface area is 112 Å². The summed E-state index contributed by atoms with van der Waals surface area (Å²) in [6.07, 6.45) is 7.41. The second kappa shape index (κ2) is 5.57. The normalized spacial score (nSPS) is 19.7. The largest absolute Gasteiger partial charge is 0.469 e. The average molecular weight is 261 g/mol. The summed E-state index contributed by atoms with van der Waals surface area (Å²) < 4.78 is 10.6. The number of aromatic nitrogens is 2. The third-order valence-electron chi connectivity index (χ3n) is 3.69. The Balaban J connectivity index is 1.60. The number of aryl methyl sites for hydroxylation is 2. The third-order valence-corrected chi connectivity index (χ3v) is 3.69. The summed E-state index contributed by atoms with van der Waals surface area (Å²) in [6, 6.07) is 2.46. The molecule has 3 rings (SSSR count). The fourth-order valence-electron chi connectivity index (χ4n) is 2.55. The van der Waals surface area contributed by atoms with E-state index in [1.54, 1.807) is 6.26 Å². The van der Waals surface area contributed by atoms with Crippen LogP contribution >= 0.6 is 0 Å². The lowest BCUT2D eigenvalue weighted by Crippen LogP contribution is -2.34. The van der Waals surface area contributed by atoms with E-state index in [0.717, 1.165) is 30.7 Å². The number of nitrogens with one attached hydrogen (secondary N) is 1. The molecule has 19 heavy (non-hydrogen) atoms. The van der Waals surface area contributed by atoms with Crippen LogP contribution in [0.5, 0.6) is 0 Å². The average Bonchev–Trinajstić information content (AvgIpc) is 3.06. The van der Waals surface area contributed by atoms with Crippen molar-refractivity contribution in [2.75, 3.05) is 6.54 Å². The molecule has 0 amide bonds. The lowest BCUT2D eigenvalue weighted by molar-refractivity contribution is 0.342. The molecule has 0 aliphatic carbocycles. The zero-order valence-corrected chi connectivity index (χ0v) is 11.2. The molecule has 2 aromatic rings. The van der Waals surface area contributed by atoms with Crippen LogP contribution in [0, 0.1) is 6.92 Å². The van der Waals surface area contributed by atoms with E-state index >= 15 is 0 Å². The van der Waals surface area contributed by atoms with E-state index in [1.807, 2.05) is 13.0 Å². The summed E-state index contributed by atoms with van der Waals surface area (Å²) in [4.78, 5) is 4.43. The van der Waals surface area contributed by atoms with Crippen LogP contribution in [0.2, 0.25) is 0 Å². The van der Waals surface area contributed by atoms with Crippen molar-refractivity contribution >= 4 is 0 Å². The Hall–Kier alpha value is -1.62. The van der Waals surface area contributed by atoms with Gasteiger partial charge in [-0.2, -0.15) is 4.98 Å². The van der Waals surface area contributed by atoms with E-state index in [0.29, 0.717) is 17.8 Å². The van der Waals surface area contributed by atoms with Gasteiger partial charge in [0.05, 0.1) is 11.8 Å². The minimum Gasteiger partial charge on any atom is -0.469 e. The van der Waals surface area contributed by atoms with Crippen molar-refractivity contribution in [3.63, 3.8) is 0 Å². The first-order valence-electron chi connectivity index (χ1n) is 6.93. The van der Waals surface area contributed by atoms with Crippen LogP contribution in [0.15, 0.2) is 21.3 Å². The van der Waals surface area contributed by atoms with Gasteiger partial charge >= 0.3 is 0 Å². The highest BCUT2D eigenvalue weighted by atomic mass is 16.5. The van der Waals surface area contributed by atoms with Gasteiger partial charge < -0.3 is 14.3 Å². The molecule has 0 bridgehead atoms. The molecule has 0 aromatic carbocycles. The highest BCUT2D eigenvalue weighted by molar-refractivity contribution is 5.55. The number of piperidine rings is 1. The van der Waals surface area contributed by atoms with Gasteiger partial charge in [0.1, 0.15) is 5.76 Å². The minimum atomic E-state index is 0.597. The van der Waals surface area contributed by atoms with Crippen LogP contribution in [0.4, 0.5) is 0 Å². The highest BCUT2D eigenvalue weighted by Crippen LogP contribution is 2.21. The third kappa shape index (κ3) is 2.87. The molecule has 1 atom stereocenters. The first-order valence-corrected chi connectivity index (χ1v) is 6.93. The number of hydrogen-bond donors (Lipinski definition) is 1. The standard InChI is InChI=1S/C14H19N3O2/c1-10-12(7-9-18-10)14-16-13(19-17-14)6-5-11-4-2-3-8-15-11/h7,9,11,15H,2-6,8H2,1H3. The first-order chi connectivity index (χ1) is 9.33. The van der Waals surface area contributed by atoms with Crippen molar-refractivity contribution in [2.45, 2.75) is 45.1 Å².